The third kappa shape index (κ3) is 6.91. The number of benzene rings is 3. The highest BCUT2D eigenvalue weighted by molar-refractivity contribution is 9.11. The van der Waals surface area contributed by atoms with Crippen molar-refractivity contribution in [2.75, 3.05) is 13.2 Å². The smallest absolute Gasteiger partial charge is 0.276 e. The minimum Gasteiger partial charge on any atom is -0.484 e. The Kier molecular flexibility index (Phi) is 8.43. The molecule has 0 fully saturated rings. The fourth-order valence-electron chi connectivity index (χ4n) is 2.77. The second kappa shape index (κ2) is 11.3. The van der Waals surface area contributed by atoms with Crippen LogP contribution in [0.3, 0.4) is 0 Å². The van der Waals surface area contributed by atoms with Crippen molar-refractivity contribution in [1.29, 1.82) is 0 Å². The fraction of sp³-hybridized carbons (Fsp3) is 0.136. The summed E-state index contributed by atoms with van der Waals surface area (Å²) in [7, 11) is 0. The summed E-state index contributed by atoms with van der Waals surface area (Å²) in [6, 6.07) is 17.1. The Morgan fingerprint density at radius 2 is 1.62 bits per heavy atom. The number of amides is 2. The molecule has 166 valence electrons. The molecule has 0 bridgehead atoms. The van der Waals surface area contributed by atoms with Crippen LogP contribution in [0.4, 0.5) is 0 Å². The second-order valence-corrected chi connectivity index (χ2v) is 8.85. The van der Waals surface area contributed by atoms with E-state index in [-0.39, 0.29) is 18.3 Å². The van der Waals surface area contributed by atoms with Crippen LogP contribution in [0.5, 0.6) is 11.5 Å². The summed E-state index contributed by atoms with van der Waals surface area (Å²) in [5.41, 5.74) is 5.69. The molecule has 0 radical (unpaired) electrons. The Morgan fingerprint density at radius 3 is 2.38 bits per heavy atom. The second-order valence-electron chi connectivity index (χ2n) is 6.67. The number of thiocarbonyl (C=S) groups is 1. The van der Waals surface area contributed by atoms with Gasteiger partial charge < -0.3 is 9.47 Å². The molecule has 0 heterocycles. The van der Waals surface area contributed by atoms with Gasteiger partial charge in [-0.05, 0) is 75.7 Å². The molecule has 0 atom stereocenters. The number of hydrogen-bond acceptors (Lipinski definition) is 5. The highest BCUT2D eigenvalue weighted by Crippen LogP contribution is 2.32. The molecule has 0 aliphatic rings. The van der Waals surface area contributed by atoms with Crippen LogP contribution in [0, 0.1) is 6.92 Å². The molecule has 0 aromatic heterocycles. The predicted octanol–water partition coefficient (Wildman–Crippen LogP) is 4.15. The van der Waals surface area contributed by atoms with E-state index in [9.17, 15) is 9.59 Å². The minimum atomic E-state index is -0.474. The first kappa shape index (κ1) is 24.0. The van der Waals surface area contributed by atoms with E-state index in [4.69, 9.17) is 21.7 Å². The van der Waals surface area contributed by atoms with Crippen LogP contribution in [0.15, 0.2) is 63.5 Å². The number of hydrogen-bond donors (Lipinski definition) is 3. The molecule has 3 rings (SSSR count). The maximum atomic E-state index is 12.1. The van der Waals surface area contributed by atoms with Crippen LogP contribution in [0.1, 0.15) is 5.56 Å². The molecule has 7 nitrogen and oxygen atoms in total. The van der Waals surface area contributed by atoms with Crippen molar-refractivity contribution in [1.82, 2.24) is 16.2 Å². The lowest BCUT2D eigenvalue weighted by atomic mass is 10.1. The number of halogens is 2. The number of carbonyl (C=O) groups is 2. The third-order valence-corrected chi connectivity index (χ3v) is 5.45. The molecule has 2 amide bonds. The average Bonchev–Trinajstić information content (AvgIpc) is 2.75. The van der Waals surface area contributed by atoms with Crippen molar-refractivity contribution in [3.63, 3.8) is 0 Å². The highest BCUT2D eigenvalue weighted by Gasteiger charge is 2.11. The van der Waals surface area contributed by atoms with Gasteiger partial charge in [0.1, 0.15) is 11.5 Å². The molecular weight excluding hydrogens is 562 g/mol. The lowest BCUT2D eigenvalue weighted by Crippen LogP contribution is -2.50. The largest absolute Gasteiger partial charge is 0.484 e. The predicted molar refractivity (Wildman–Crippen MR) is 134 cm³/mol. The van der Waals surface area contributed by atoms with Crippen LogP contribution in [0.25, 0.3) is 10.8 Å². The molecule has 0 aliphatic carbocycles. The zero-order valence-corrected chi connectivity index (χ0v) is 20.9. The first-order chi connectivity index (χ1) is 15.3. The highest BCUT2D eigenvalue weighted by atomic mass is 79.9. The molecule has 0 spiro atoms. The lowest BCUT2D eigenvalue weighted by Gasteiger charge is -2.13. The molecule has 0 saturated carbocycles. The van der Waals surface area contributed by atoms with E-state index >= 15 is 0 Å². The van der Waals surface area contributed by atoms with E-state index in [0.29, 0.717) is 11.5 Å². The van der Waals surface area contributed by atoms with E-state index < -0.39 is 11.8 Å². The topological polar surface area (TPSA) is 88.7 Å². The summed E-state index contributed by atoms with van der Waals surface area (Å²) in [4.78, 5) is 24.0. The van der Waals surface area contributed by atoms with Crippen molar-refractivity contribution in [2.45, 2.75) is 6.92 Å². The first-order valence-corrected chi connectivity index (χ1v) is 11.4. The molecule has 0 unspecified atom stereocenters. The van der Waals surface area contributed by atoms with E-state index in [1.807, 2.05) is 55.5 Å². The third-order valence-electron chi connectivity index (χ3n) is 4.20. The Bertz CT molecular complexity index is 1150. The van der Waals surface area contributed by atoms with Gasteiger partial charge in [0.25, 0.3) is 11.8 Å². The van der Waals surface area contributed by atoms with Gasteiger partial charge in [-0.25, -0.2) is 0 Å². The number of nitrogens with one attached hydrogen (secondary N) is 3. The average molecular weight is 581 g/mol. The van der Waals surface area contributed by atoms with Crippen LogP contribution >= 0.6 is 44.1 Å². The van der Waals surface area contributed by atoms with Gasteiger partial charge in [0.15, 0.2) is 18.3 Å². The Morgan fingerprint density at radius 1 is 0.906 bits per heavy atom. The van der Waals surface area contributed by atoms with Gasteiger partial charge in [-0.2, -0.15) is 0 Å². The van der Waals surface area contributed by atoms with E-state index in [1.54, 1.807) is 6.07 Å². The summed E-state index contributed by atoms with van der Waals surface area (Å²) >= 11 is 11.8. The molecule has 3 aromatic carbocycles. The maximum absolute atomic E-state index is 12.1. The number of aryl methyl sites for hydroxylation is 1. The molecule has 32 heavy (non-hydrogen) atoms. The number of rotatable bonds is 6. The monoisotopic (exact) mass is 579 g/mol. The van der Waals surface area contributed by atoms with Crippen molar-refractivity contribution >= 4 is 71.8 Å². The number of fused-ring (bicyclic) bond motifs is 1. The number of hydrazine groups is 1. The summed E-state index contributed by atoms with van der Waals surface area (Å²) in [6.45, 7) is 1.40. The van der Waals surface area contributed by atoms with Crippen molar-refractivity contribution in [2.24, 2.45) is 0 Å². The van der Waals surface area contributed by atoms with Crippen LogP contribution in [0.2, 0.25) is 0 Å². The van der Waals surface area contributed by atoms with Gasteiger partial charge >= 0.3 is 0 Å². The summed E-state index contributed by atoms with van der Waals surface area (Å²) < 4.78 is 12.7. The summed E-state index contributed by atoms with van der Waals surface area (Å²) in [6.07, 6.45) is 0. The SMILES string of the molecule is Cc1cc(Br)cc(Br)c1OCC(=O)NC(=S)NNC(=O)COc1ccc2ccccc2c1. The van der Waals surface area contributed by atoms with E-state index in [2.05, 4.69) is 48.0 Å². The molecule has 10 heteroatoms. The number of carbonyl (C=O) groups excluding carboxylic acids is 2. The van der Waals surface area contributed by atoms with Gasteiger partial charge in [0.2, 0.25) is 0 Å². The zero-order chi connectivity index (χ0) is 23.1. The Labute approximate surface area is 207 Å². The minimum absolute atomic E-state index is 0.0655. The first-order valence-electron chi connectivity index (χ1n) is 9.40. The van der Waals surface area contributed by atoms with Crippen LogP contribution < -0.4 is 25.6 Å². The number of ether oxygens (including phenoxy) is 2. The maximum Gasteiger partial charge on any atom is 0.276 e. The summed E-state index contributed by atoms with van der Waals surface area (Å²) in [5, 5.41) is 4.46. The molecule has 3 N–H and O–H groups in total. The van der Waals surface area contributed by atoms with Gasteiger partial charge in [-0.1, -0.05) is 46.3 Å². The molecule has 3 aromatic rings. The van der Waals surface area contributed by atoms with Crippen molar-refractivity contribution in [3.8, 4) is 11.5 Å². The molecule has 0 saturated heterocycles. The quantitative estimate of drug-likeness (QED) is 0.300. The van der Waals surface area contributed by atoms with E-state index in [0.717, 1.165) is 25.3 Å². The van der Waals surface area contributed by atoms with Crippen molar-refractivity contribution < 1.29 is 19.1 Å². The Hall–Kier alpha value is -2.69. The standard InChI is InChI=1S/C22H19Br2N3O4S/c1-13-8-16(23)10-18(24)21(13)31-11-19(28)25-22(32)27-26-20(29)12-30-17-7-6-14-4-2-3-5-15(14)9-17/h2-10H,11-12H2,1H3,(H,26,29)(H2,25,27,28,32). The van der Waals surface area contributed by atoms with Gasteiger partial charge in [0.05, 0.1) is 4.47 Å². The normalized spacial score (nSPS) is 10.3. The van der Waals surface area contributed by atoms with Crippen molar-refractivity contribution in [3.05, 3.63) is 69.1 Å². The van der Waals surface area contributed by atoms with Gasteiger partial charge in [-0.3, -0.25) is 25.8 Å². The molecule has 0 aliphatic heterocycles. The zero-order valence-electron chi connectivity index (χ0n) is 16.9. The summed E-state index contributed by atoms with van der Waals surface area (Å²) in [5.74, 6) is 0.196. The van der Waals surface area contributed by atoms with Gasteiger partial charge in [0, 0.05) is 4.47 Å². The lowest BCUT2D eigenvalue weighted by molar-refractivity contribution is -0.124. The molecular formula is C22H19Br2N3O4S. The fourth-order valence-corrected chi connectivity index (χ4v) is 4.49. The van der Waals surface area contributed by atoms with Crippen LogP contribution in [-0.4, -0.2) is 30.1 Å². The van der Waals surface area contributed by atoms with Crippen LogP contribution in [-0.2, 0) is 9.59 Å². The Balaban J connectivity index is 1.39. The van der Waals surface area contributed by atoms with E-state index in [1.165, 1.54) is 0 Å². The van der Waals surface area contributed by atoms with Gasteiger partial charge in [-0.15, -0.1) is 0 Å².